The monoisotopic (exact) mass is 417 g/mol. The summed E-state index contributed by atoms with van der Waals surface area (Å²) in [4.78, 5) is 48.1. The minimum absolute atomic E-state index is 0.0135. The quantitative estimate of drug-likeness (QED) is 0.337. The highest BCUT2D eigenvalue weighted by atomic mass is 35.5. The predicted molar refractivity (Wildman–Crippen MR) is 102 cm³/mol. The molecule has 0 bridgehead atoms. The fourth-order valence-corrected chi connectivity index (χ4v) is 2.86. The number of imide groups is 2. The van der Waals surface area contributed by atoms with Crippen molar-refractivity contribution in [2.24, 2.45) is 0 Å². The van der Waals surface area contributed by atoms with Crippen LogP contribution < -0.4 is 15.0 Å². The number of ether oxygens (including phenoxy) is 1. The van der Waals surface area contributed by atoms with Gasteiger partial charge in [0.05, 0.1) is 22.7 Å². The number of aromatic hydroxyl groups is 1. The number of amides is 4. The molecule has 11 heteroatoms. The number of carbonyl (C=O) groups excluding carboxylic acids is 3. The number of urea groups is 1. The van der Waals surface area contributed by atoms with E-state index in [1.165, 1.54) is 37.4 Å². The molecule has 0 aromatic heterocycles. The zero-order valence-corrected chi connectivity index (χ0v) is 15.5. The number of hydrogen-bond donors (Lipinski definition) is 2. The molecule has 2 aromatic rings. The summed E-state index contributed by atoms with van der Waals surface area (Å²) in [7, 11) is 1.30. The van der Waals surface area contributed by atoms with E-state index >= 15 is 0 Å². The zero-order valence-electron chi connectivity index (χ0n) is 14.7. The second kappa shape index (κ2) is 7.60. The molecule has 2 aromatic carbocycles. The van der Waals surface area contributed by atoms with Gasteiger partial charge in [-0.2, -0.15) is 0 Å². The first-order valence-corrected chi connectivity index (χ1v) is 8.33. The van der Waals surface area contributed by atoms with E-state index in [1.54, 1.807) is 0 Å². The Kier molecular flexibility index (Phi) is 5.20. The van der Waals surface area contributed by atoms with E-state index in [9.17, 15) is 29.6 Å². The Balaban J connectivity index is 2.06. The van der Waals surface area contributed by atoms with Crippen LogP contribution in [0.3, 0.4) is 0 Å². The average molecular weight is 418 g/mol. The number of phenols is 1. The maximum atomic E-state index is 12.8. The first-order valence-electron chi connectivity index (χ1n) is 7.95. The highest BCUT2D eigenvalue weighted by Crippen LogP contribution is 2.36. The maximum Gasteiger partial charge on any atom is 0.335 e. The first kappa shape index (κ1) is 19.8. The van der Waals surface area contributed by atoms with Gasteiger partial charge in [-0.05, 0) is 29.8 Å². The number of nitro groups is 1. The second-order valence-electron chi connectivity index (χ2n) is 5.79. The fourth-order valence-electron chi connectivity index (χ4n) is 2.64. The molecule has 0 aliphatic carbocycles. The summed E-state index contributed by atoms with van der Waals surface area (Å²) in [6.07, 6.45) is 1.16. The van der Waals surface area contributed by atoms with Crippen LogP contribution in [0.25, 0.3) is 6.08 Å². The number of rotatable bonds is 4. The molecule has 1 heterocycles. The summed E-state index contributed by atoms with van der Waals surface area (Å²) < 4.78 is 4.97. The first-order chi connectivity index (χ1) is 13.7. The minimum atomic E-state index is -1.04. The number of methoxy groups -OCH3 is 1. The Morgan fingerprint density at radius 3 is 2.62 bits per heavy atom. The number of nitrogens with zero attached hydrogens (tertiary/aromatic N) is 2. The van der Waals surface area contributed by atoms with E-state index in [2.05, 4.69) is 0 Å². The number of barbiturate groups is 1. The van der Waals surface area contributed by atoms with Gasteiger partial charge in [-0.1, -0.05) is 17.7 Å². The number of anilines is 1. The lowest BCUT2D eigenvalue weighted by Crippen LogP contribution is -2.54. The normalized spacial score (nSPS) is 15.4. The number of halogens is 1. The van der Waals surface area contributed by atoms with E-state index in [0.717, 1.165) is 12.1 Å². The molecule has 1 fully saturated rings. The van der Waals surface area contributed by atoms with Crippen LogP contribution in [0, 0.1) is 10.1 Å². The van der Waals surface area contributed by atoms with Crippen LogP contribution in [0.4, 0.5) is 16.2 Å². The molecule has 1 saturated heterocycles. The fraction of sp³-hybridized carbons (Fsp3) is 0.0556. The number of benzene rings is 2. The van der Waals surface area contributed by atoms with Crippen LogP contribution in [-0.2, 0) is 9.59 Å². The van der Waals surface area contributed by atoms with Gasteiger partial charge in [0, 0.05) is 12.1 Å². The molecule has 0 saturated carbocycles. The number of carbonyl (C=O) groups is 3. The van der Waals surface area contributed by atoms with Crippen molar-refractivity contribution in [2.45, 2.75) is 0 Å². The lowest BCUT2D eigenvalue weighted by atomic mass is 10.1. The summed E-state index contributed by atoms with van der Waals surface area (Å²) >= 11 is 5.91. The van der Waals surface area contributed by atoms with Gasteiger partial charge >= 0.3 is 6.03 Å². The molecule has 10 nitrogen and oxygen atoms in total. The number of nitro benzene ring substituents is 1. The van der Waals surface area contributed by atoms with Crippen LogP contribution in [0.5, 0.6) is 11.5 Å². The van der Waals surface area contributed by atoms with Crippen molar-refractivity contribution in [2.75, 3.05) is 12.0 Å². The molecule has 0 radical (unpaired) electrons. The Bertz CT molecular complexity index is 1100. The van der Waals surface area contributed by atoms with Gasteiger partial charge in [0.1, 0.15) is 5.57 Å². The molecule has 148 valence electrons. The van der Waals surface area contributed by atoms with Gasteiger partial charge in [0.25, 0.3) is 17.5 Å². The SMILES string of the molecule is COc1cc(C=C2C(=O)NC(=O)N(c3cccc([N+](=O)[O-])c3)C2=O)cc(Cl)c1O. The van der Waals surface area contributed by atoms with Gasteiger partial charge in [-0.3, -0.25) is 25.0 Å². The summed E-state index contributed by atoms with van der Waals surface area (Å²) in [5, 5.41) is 22.7. The summed E-state index contributed by atoms with van der Waals surface area (Å²) in [6.45, 7) is 0. The standard InChI is InChI=1S/C18H12ClN3O7/c1-29-14-7-9(6-13(19)15(14)23)5-12-16(24)20-18(26)21(17(12)25)10-3-2-4-11(8-10)22(27)28/h2-8,23H,1H3,(H,20,24,26). The highest BCUT2D eigenvalue weighted by Gasteiger charge is 2.37. The van der Waals surface area contributed by atoms with Gasteiger partial charge in [-0.15, -0.1) is 0 Å². The average Bonchev–Trinajstić information content (AvgIpc) is 2.67. The number of nitrogens with one attached hydrogen (secondary N) is 1. The van der Waals surface area contributed by atoms with Crippen molar-refractivity contribution in [3.05, 3.63) is 62.7 Å². The zero-order chi connectivity index (χ0) is 21.3. The smallest absolute Gasteiger partial charge is 0.335 e. The van der Waals surface area contributed by atoms with E-state index in [1.807, 2.05) is 5.32 Å². The molecule has 0 unspecified atom stereocenters. The van der Waals surface area contributed by atoms with Gasteiger partial charge in [0.15, 0.2) is 11.5 Å². The number of hydrogen-bond acceptors (Lipinski definition) is 7. The summed E-state index contributed by atoms with van der Waals surface area (Å²) in [5.74, 6) is -2.24. The molecule has 1 aliphatic heterocycles. The van der Waals surface area contributed by atoms with Crippen LogP contribution in [0.1, 0.15) is 5.56 Å². The molecule has 3 rings (SSSR count). The third kappa shape index (κ3) is 3.73. The molecule has 29 heavy (non-hydrogen) atoms. The molecule has 0 atom stereocenters. The molecular formula is C18H12ClN3O7. The Labute approximate surface area is 168 Å². The Morgan fingerprint density at radius 1 is 1.24 bits per heavy atom. The van der Waals surface area contributed by atoms with Crippen molar-refractivity contribution in [1.29, 1.82) is 0 Å². The number of phenolic OH excluding ortho intramolecular Hbond substituents is 1. The molecule has 0 spiro atoms. The lowest BCUT2D eigenvalue weighted by Gasteiger charge is -2.26. The van der Waals surface area contributed by atoms with Crippen LogP contribution in [0.2, 0.25) is 5.02 Å². The van der Waals surface area contributed by atoms with E-state index in [0.29, 0.717) is 4.90 Å². The molecule has 1 aliphatic rings. The predicted octanol–water partition coefficient (Wildman–Crippen LogP) is 2.63. The third-order valence-electron chi connectivity index (χ3n) is 3.98. The van der Waals surface area contributed by atoms with Gasteiger partial charge < -0.3 is 9.84 Å². The van der Waals surface area contributed by atoms with Crippen LogP contribution in [0.15, 0.2) is 42.0 Å². The molecule has 4 amide bonds. The van der Waals surface area contributed by atoms with E-state index < -0.39 is 28.3 Å². The maximum absolute atomic E-state index is 12.8. The van der Waals surface area contributed by atoms with Crippen LogP contribution in [-0.4, -0.2) is 35.0 Å². The molecular weight excluding hydrogens is 406 g/mol. The second-order valence-corrected chi connectivity index (χ2v) is 6.20. The minimum Gasteiger partial charge on any atom is -0.503 e. The lowest BCUT2D eigenvalue weighted by molar-refractivity contribution is -0.384. The van der Waals surface area contributed by atoms with Crippen molar-refractivity contribution >= 4 is 46.9 Å². The van der Waals surface area contributed by atoms with Crippen molar-refractivity contribution in [1.82, 2.24) is 5.32 Å². The van der Waals surface area contributed by atoms with Crippen molar-refractivity contribution < 1.29 is 29.2 Å². The third-order valence-corrected chi connectivity index (χ3v) is 4.27. The molecule has 2 N–H and O–H groups in total. The Morgan fingerprint density at radius 2 is 1.97 bits per heavy atom. The van der Waals surface area contributed by atoms with Crippen LogP contribution >= 0.6 is 11.6 Å². The highest BCUT2D eigenvalue weighted by molar-refractivity contribution is 6.39. The number of non-ortho nitro benzene ring substituents is 1. The van der Waals surface area contributed by atoms with Gasteiger partial charge in [0.2, 0.25) is 0 Å². The topological polar surface area (TPSA) is 139 Å². The van der Waals surface area contributed by atoms with E-state index in [4.69, 9.17) is 16.3 Å². The largest absolute Gasteiger partial charge is 0.503 e. The van der Waals surface area contributed by atoms with Crippen molar-refractivity contribution in [3.63, 3.8) is 0 Å². The van der Waals surface area contributed by atoms with Crippen molar-refractivity contribution in [3.8, 4) is 11.5 Å². The van der Waals surface area contributed by atoms with Gasteiger partial charge in [-0.25, -0.2) is 9.69 Å². The summed E-state index contributed by atoms with van der Waals surface area (Å²) in [6, 6.07) is 6.44. The van der Waals surface area contributed by atoms with E-state index in [-0.39, 0.29) is 33.5 Å². The Hall–Kier alpha value is -3.92. The summed E-state index contributed by atoms with van der Waals surface area (Å²) in [5.41, 5.74) is -0.585.